The average molecular weight is 410 g/mol. The Labute approximate surface area is 184 Å². The molecule has 0 aliphatic heterocycles. The monoisotopic (exact) mass is 410 g/mol. The highest BCUT2D eigenvalue weighted by Crippen LogP contribution is 2.43. The third kappa shape index (κ3) is 2.47. The van der Waals surface area contributed by atoms with Crippen LogP contribution in [0.5, 0.6) is 0 Å². The minimum Gasteiger partial charge on any atom is -0.206 e. The van der Waals surface area contributed by atoms with E-state index < -0.39 is 0 Å². The lowest BCUT2D eigenvalue weighted by Crippen LogP contribution is -1.89. The summed E-state index contributed by atoms with van der Waals surface area (Å²) in [4.78, 5) is 0. The van der Waals surface area contributed by atoms with Crippen LogP contribution in [0.2, 0.25) is 0 Å². The van der Waals surface area contributed by atoms with Crippen LogP contribution in [0, 0.1) is 0 Å². The Balaban J connectivity index is 1.66. The third-order valence-corrected chi connectivity index (χ3v) is 6.25. The predicted molar refractivity (Wildman–Crippen MR) is 132 cm³/mol. The molecule has 5 aromatic carbocycles. The first-order valence-electron chi connectivity index (χ1n) is 10.8. The van der Waals surface area contributed by atoms with Crippen LogP contribution >= 0.6 is 0 Å². The number of rotatable bonds is 2. The van der Waals surface area contributed by atoms with E-state index in [9.17, 15) is 0 Å². The van der Waals surface area contributed by atoms with Crippen LogP contribution in [0.15, 0.2) is 118 Å². The molecule has 0 aliphatic carbocycles. The fraction of sp³-hybridized carbons (Fsp3) is 0. The first kappa shape index (κ1) is 17.4. The standard InChI is InChI=1S/C30H18O2/c1-3-9-19(10-4-1)25-17-21-13-7-16-24-27(21)29(31-25)23-15-8-14-22-18-26(32-30(24)28(22)23)20-11-5-2-6-12-20/h1-18H/q+2. The molecule has 2 heteroatoms. The summed E-state index contributed by atoms with van der Waals surface area (Å²) in [6.07, 6.45) is 0. The van der Waals surface area contributed by atoms with Crippen LogP contribution in [-0.2, 0) is 0 Å². The summed E-state index contributed by atoms with van der Waals surface area (Å²) in [7, 11) is 0. The Kier molecular flexibility index (Phi) is 3.58. The van der Waals surface area contributed by atoms with E-state index in [0.717, 1.165) is 66.1 Å². The summed E-state index contributed by atoms with van der Waals surface area (Å²) >= 11 is 0. The highest BCUT2D eigenvalue weighted by atomic mass is 16.3. The van der Waals surface area contributed by atoms with Crippen molar-refractivity contribution in [2.45, 2.75) is 0 Å². The first-order chi connectivity index (χ1) is 15.9. The second-order valence-corrected chi connectivity index (χ2v) is 8.15. The minimum atomic E-state index is 0.864. The van der Waals surface area contributed by atoms with Gasteiger partial charge < -0.3 is 0 Å². The molecule has 0 amide bonds. The van der Waals surface area contributed by atoms with Crippen molar-refractivity contribution < 1.29 is 8.83 Å². The fourth-order valence-corrected chi connectivity index (χ4v) is 4.80. The van der Waals surface area contributed by atoms with Crippen molar-refractivity contribution in [3.05, 3.63) is 109 Å². The van der Waals surface area contributed by atoms with Gasteiger partial charge >= 0.3 is 22.7 Å². The van der Waals surface area contributed by atoms with E-state index >= 15 is 0 Å². The van der Waals surface area contributed by atoms with Crippen molar-refractivity contribution in [3.63, 3.8) is 0 Å². The molecular weight excluding hydrogens is 392 g/mol. The van der Waals surface area contributed by atoms with Crippen LogP contribution in [0.4, 0.5) is 0 Å². The van der Waals surface area contributed by atoms with E-state index in [4.69, 9.17) is 8.83 Å². The summed E-state index contributed by atoms with van der Waals surface area (Å²) in [6, 6.07) is 37.6. The zero-order valence-electron chi connectivity index (χ0n) is 17.2. The Morgan fingerprint density at radius 2 is 0.844 bits per heavy atom. The van der Waals surface area contributed by atoms with Gasteiger partial charge in [-0.1, -0.05) is 60.7 Å². The molecule has 0 radical (unpaired) electrons. The van der Waals surface area contributed by atoms with E-state index in [2.05, 4.69) is 72.8 Å². The van der Waals surface area contributed by atoms with E-state index in [0.29, 0.717) is 0 Å². The molecule has 7 rings (SSSR count). The predicted octanol–water partition coefficient (Wildman–Crippen LogP) is 8.82. The van der Waals surface area contributed by atoms with Gasteiger partial charge in [-0.15, -0.1) is 0 Å². The molecule has 0 N–H and O–H groups in total. The molecular formula is C30H18O2+2. The van der Waals surface area contributed by atoms with Crippen LogP contribution in [-0.4, -0.2) is 0 Å². The van der Waals surface area contributed by atoms with Crippen molar-refractivity contribution in [1.29, 1.82) is 0 Å². The average Bonchev–Trinajstić information content (AvgIpc) is 2.87. The molecule has 7 aromatic rings. The molecule has 0 unspecified atom stereocenters. The van der Waals surface area contributed by atoms with Gasteiger partial charge in [0, 0.05) is 10.8 Å². The highest BCUT2D eigenvalue weighted by Gasteiger charge is 2.30. The van der Waals surface area contributed by atoms with Gasteiger partial charge in [0.1, 0.15) is 10.8 Å². The van der Waals surface area contributed by atoms with Gasteiger partial charge in [0.15, 0.2) is 0 Å². The molecule has 2 aromatic heterocycles. The normalized spacial score (nSPS) is 11.8. The molecule has 2 nitrogen and oxygen atoms in total. The minimum absolute atomic E-state index is 0.864. The molecule has 0 saturated carbocycles. The highest BCUT2D eigenvalue weighted by molar-refractivity contribution is 6.30. The van der Waals surface area contributed by atoms with Crippen LogP contribution in [0.1, 0.15) is 0 Å². The molecule has 0 bridgehead atoms. The number of hydrogen-bond donors (Lipinski definition) is 0. The topological polar surface area (TPSA) is 22.6 Å². The van der Waals surface area contributed by atoms with Gasteiger partial charge in [0.05, 0.1) is 34.0 Å². The summed E-state index contributed by atoms with van der Waals surface area (Å²) in [5, 5.41) is 6.63. The van der Waals surface area contributed by atoms with Crippen LogP contribution in [0.3, 0.4) is 0 Å². The van der Waals surface area contributed by atoms with Crippen LogP contribution in [0.25, 0.3) is 66.1 Å². The van der Waals surface area contributed by atoms with E-state index in [-0.39, 0.29) is 0 Å². The summed E-state index contributed by atoms with van der Waals surface area (Å²) in [5.41, 5.74) is 3.94. The van der Waals surface area contributed by atoms with Crippen molar-refractivity contribution in [2.75, 3.05) is 0 Å². The molecule has 148 valence electrons. The fourth-order valence-electron chi connectivity index (χ4n) is 4.80. The molecule has 0 fully saturated rings. The quantitative estimate of drug-likeness (QED) is 0.161. The zero-order chi connectivity index (χ0) is 21.1. The van der Waals surface area contributed by atoms with E-state index in [1.807, 2.05) is 36.4 Å². The maximum Gasteiger partial charge on any atom is 0.370 e. The largest absolute Gasteiger partial charge is 0.370 e. The number of benzene rings is 5. The molecule has 0 atom stereocenters. The lowest BCUT2D eigenvalue weighted by Gasteiger charge is -2.05. The Morgan fingerprint density at radius 3 is 1.28 bits per heavy atom. The van der Waals surface area contributed by atoms with Crippen molar-refractivity contribution >= 4 is 43.5 Å². The number of hydrogen-bond acceptors (Lipinski definition) is 0. The lowest BCUT2D eigenvalue weighted by atomic mass is 9.95. The molecule has 0 spiro atoms. The summed E-state index contributed by atoms with van der Waals surface area (Å²) < 4.78 is 13.2. The van der Waals surface area contributed by atoms with Gasteiger partial charge in [-0.3, -0.25) is 0 Å². The number of fused-ring (bicyclic) bond motifs is 2. The zero-order valence-corrected chi connectivity index (χ0v) is 17.2. The second-order valence-electron chi connectivity index (χ2n) is 8.15. The van der Waals surface area contributed by atoms with Crippen molar-refractivity contribution in [1.82, 2.24) is 0 Å². The van der Waals surface area contributed by atoms with Gasteiger partial charge in [0.25, 0.3) is 0 Å². The van der Waals surface area contributed by atoms with Crippen molar-refractivity contribution in [2.24, 2.45) is 0 Å². The Morgan fingerprint density at radius 1 is 0.406 bits per heavy atom. The molecule has 0 saturated heterocycles. The summed E-state index contributed by atoms with van der Waals surface area (Å²) in [6.45, 7) is 0. The van der Waals surface area contributed by atoms with Crippen molar-refractivity contribution in [3.8, 4) is 22.6 Å². The van der Waals surface area contributed by atoms with E-state index in [1.54, 1.807) is 0 Å². The smallest absolute Gasteiger partial charge is 0.206 e. The third-order valence-electron chi connectivity index (χ3n) is 6.25. The second kappa shape index (κ2) is 6.60. The summed E-state index contributed by atoms with van der Waals surface area (Å²) in [5.74, 6) is 1.73. The van der Waals surface area contributed by atoms with Crippen LogP contribution < -0.4 is 0 Å². The lowest BCUT2D eigenvalue weighted by molar-refractivity contribution is 0.619. The molecule has 0 aliphatic rings. The molecule has 2 heterocycles. The molecule has 32 heavy (non-hydrogen) atoms. The Bertz CT molecular complexity index is 1620. The Hall–Kier alpha value is -4.30. The maximum atomic E-state index is 6.58. The van der Waals surface area contributed by atoms with Gasteiger partial charge in [-0.05, 0) is 36.4 Å². The maximum absolute atomic E-state index is 6.58. The van der Waals surface area contributed by atoms with Gasteiger partial charge in [-0.25, -0.2) is 8.83 Å². The SMILES string of the molecule is c1ccc(-c2cc3cccc4c5[o+]c(-c6ccccc6)cc6cccc(c([o+]2)c34)c65)cc1. The van der Waals surface area contributed by atoms with E-state index in [1.165, 1.54) is 0 Å². The van der Waals surface area contributed by atoms with Gasteiger partial charge in [-0.2, -0.15) is 0 Å². The van der Waals surface area contributed by atoms with Gasteiger partial charge in [0.2, 0.25) is 0 Å². The first-order valence-corrected chi connectivity index (χ1v) is 10.8.